The van der Waals surface area contributed by atoms with Gasteiger partial charge in [0.05, 0.1) is 5.69 Å². The molecule has 0 saturated carbocycles. The number of aromatic nitrogens is 2. The number of hydrogen-bond donors (Lipinski definition) is 0. The van der Waals surface area contributed by atoms with Gasteiger partial charge >= 0.3 is 6.18 Å². The first-order valence-corrected chi connectivity index (χ1v) is 6.68. The van der Waals surface area contributed by atoms with Crippen molar-refractivity contribution in [3.8, 4) is 0 Å². The topological polar surface area (TPSA) is 25.8 Å². The van der Waals surface area contributed by atoms with E-state index in [9.17, 15) is 13.2 Å². The minimum absolute atomic E-state index is 0.101. The van der Waals surface area contributed by atoms with Gasteiger partial charge in [-0.15, -0.1) is 0 Å². The van der Waals surface area contributed by atoms with Crippen molar-refractivity contribution in [3.63, 3.8) is 0 Å². The van der Waals surface area contributed by atoms with Crippen molar-refractivity contribution >= 4 is 43.6 Å². The maximum atomic E-state index is 12.4. The minimum atomic E-state index is -4.45. The molecule has 0 bridgehead atoms. The first-order chi connectivity index (χ1) is 6.84. The Morgan fingerprint density at radius 3 is 2.33 bits per heavy atom. The summed E-state index contributed by atoms with van der Waals surface area (Å²) in [5.74, 6) is 0. The summed E-state index contributed by atoms with van der Waals surface area (Å²) in [6.45, 7) is 0. The molecule has 8 heteroatoms. The summed E-state index contributed by atoms with van der Waals surface area (Å²) in [4.78, 5) is 7.31. The van der Waals surface area contributed by atoms with Crippen molar-refractivity contribution in [3.05, 3.63) is 17.5 Å². The molecular formula is C7H5Br2F3N2S. The van der Waals surface area contributed by atoms with Gasteiger partial charge in [0.1, 0.15) is 9.43 Å². The van der Waals surface area contributed by atoms with Crippen molar-refractivity contribution in [1.29, 1.82) is 0 Å². The van der Waals surface area contributed by atoms with E-state index in [4.69, 9.17) is 0 Å². The van der Waals surface area contributed by atoms with Crippen LogP contribution in [0.5, 0.6) is 0 Å². The van der Waals surface area contributed by atoms with Crippen LogP contribution in [0.25, 0.3) is 0 Å². The summed E-state index contributed by atoms with van der Waals surface area (Å²) >= 11 is 7.26. The zero-order valence-corrected chi connectivity index (χ0v) is 11.3. The van der Waals surface area contributed by atoms with Crippen LogP contribution in [0.4, 0.5) is 13.2 Å². The lowest BCUT2D eigenvalue weighted by Crippen LogP contribution is -2.10. The average Bonchev–Trinajstić information content (AvgIpc) is 2.15. The Kier molecular flexibility index (Phi) is 4.42. The molecule has 84 valence electrons. The highest BCUT2D eigenvalue weighted by atomic mass is 79.9. The van der Waals surface area contributed by atoms with Gasteiger partial charge in [0.2, 0.25) is 0 Å². The summed E-state index contributed by atoms with van der Waals surface area (Å²) in [6.07, 6.45) is -2.83. The molecule has 2 nitrogen and oxygen atoms in total. The second-order valence-electron chi connectivity index (χ2n) is 2.46. The molecule has 0 aliphatic carbocycles. The molecule has 1 rings (SSSR count). The molecule has 0 saturated heterocycles. The van der Waals surface area contributed by atoms with Crippen LogP contribution < -0.4 is 0 Å². The molecule has 0 N–H and O–H groups in total. The largest absolute Gasteiger partial charge is 0.433 e. The Hall–Kier alpha value is 0.180. The van der Waals surface area contributed by atoms with Crippen LogP contribution in [-0.2, 0) is 6.18 Å². The SMILES string of the molecule is CSc1nc(C(Br)Br)cc(C(F)(F)F)n1. The smallest absolute Gasteiger partial charge is 0.225 e. The normalized spacial score (nSPS) is 12.2. The van der Waals surface area contributed by atoms with Gasteiger partial charge < -0.3 is 0 Å². The predicted octanol–water partition coefficient (Wildman–Crippen LogP) is 4.01. The fraction of sp³-hybridized carbons (Fsp3) is 0.429. The summed E-state index contributed by atoms with van der Waals surface area (Å²) in [6, 6.07) is 0.911. The molecule has 15 heavy (non-hydrogen) atoms. The Balaban J connectivity index is 3.23. The fourth-order valence-corrected chi connectivity index (χ4v) is 1.65. The standard InChI is InChI=1S/C7H5Br2F3N2S/c1-15-6-13-3(5(8)9)2-4(14-6)7(10,11)12/h2,5H,1H3. The van der Waals surface area contributed by atoms with Gasteiger partial charge in [0.15, 0.2) is 5.16 Å². The molecule has 0 fully saturated rings. The van der Waals surface area contributed by atoms with Crippen molar-refractivity contribution in [1.82, 2.24) is 9.97 Å². The number of hydrogen-bond acceptors (Lipinski definition) is 3. The summed E-state index contributed by atoms with van der Waals surface area (Å²) in [5, 5.41) is 0.101. The molecule has 0 unspecified atom stereocenters. The average molecular weight is 366 g/mol. The van der Waals surface area contributed by atoms with Crippen LogP contribution >= 0.6 is 43.6 Å². The number of thioether (sulfide) groups is 1. The quantitative estimate of drug-likeness (QED) is 0.450. The van der Waals surface area contributed by atoms with Crippen LogP contribution in [0.15, 0.2) is 11.2 Å². The molecule has 0 atom stereocenters. The van der Waals surface area contributed by atoms with Crippen molar-refractivity contribution in [2.75, 3.05) is 6.26 Å². The molecule has 0 aliphatic heterocycles. The van der Waals surface area contributed by atoms with Gasteiger partial charge in [-0.1, -0.05) is 43.6 Å². The Morgan fingerprint density at radius 1 is 1.33 bits per heavy atom. The lowest BCUT2D eigenvalue weighted by atomic mass is 10.3. The van der Waals surface area contributed by atoms with Crippen LogP contribution in [0.2, 0.25) is 0 Å². The second-order valence-corrected chi connectivity index (χ2v) is 6.30. The van der Waals surface area contributed by atoms with E-state index in [0.717, 1.165) is 17.8 Å². The van der Waals surface area contributed by atoms with E-state index in [1.165, 1.54) is 0 Å². The highest BCUT2D eigenvalue weighted by Crippen LogP contribution is 2.34. The van der Waals surface area contributed by atoms with E-state index in [1.807, 2.05) is 0 Å². The monoisotopic (exact) mass is 364 g/mol. The van der Waals surface area contributed by atoms with Crippen LogP contribution in [0, 0.1) is 0 Å². The number of halogens is 5. The van der Waals surface area contributed by atoms with Gasteiger partial charge in [-0.25, -0.2) is 9.97 Å². The van der Waals surface area contributed by atoms with Gasteiger partial charge in [-0.05, 0) is 12.3 Å². The molecule has 0 aromatic carbocycles. The lowest BCUT2D eigenvalue weighted by Gasteiger charge is -2.09. The van der Waals surface area contributed by atoms with Crippen LogP contribution in [0.1, 0.15) is 15.1 Å². The Morgan fingerprint density at radius 2 is 1.93 bits per heavy atom. The van der Waals surface area contributed by atoms with E-state index in [-0.39, 0.29) is 10.9 Å². The minimum Gasteiger partial charge on any atom is -0.225 e. The fourth-order valence-electron chi connectivity index (χ4n) is 0.791. The lowest BCUT2D eigenvalue weighted by molar-refractivity contribution is -0.141. The van der Waals surface area contributed by atoms with Gasteiger partial charge in [-0.3, -0.25) is 0 Å². The third-order valence-electron chi connectivity index (χ3n) is 1.42. The van der Waals surface area contributed by atoms with Gasteiger partial charge in [-0.2, -0.15) is 13.2 Å². The van der Waals surface area contributed by atoms with Crippen molar-refractivity contribution in [2.24, 2.45) is 0 Å². The first-order valence-electron chi connectivity index (χ1n) is 3.63. The number of nitrogens with zero attached hydrogens (tertiary/aromatic N) is 2. The molecule has 1 heterocycles. The Bertz CT molecular complexity index is 357. The van der Waals surface area contributed by atoms with E-state index in [0.29, 0.717) is 0 Å². The zero-order valence-electron chi connectivity index (χ0n) is 7.35. The maximum Gasteiger partial charge on any atom is 0.433 e. The summed E-state index contributed by atoms with van der Waals surface area (Å²) < 4.78 is 36.8. The predicted molar refractivity (Wildman–Crippen MR) is 59.4 cm³/mol. The zero-order chi connectivity index (χ0) is 11.6. The van der Waals surface area contributed by atoms with Gasteiger partial charge in [0, 0.05) is 0 Å². The molecule has 0 spiro atoms. The number of alkyl halides is 5. The van der Waals surface area contributed by atoms with E-state index < -0.39 is 15.6 Å². The maximum absolute atomic E-state index is 12.4. The number of rotatable bonds is 2. The van der Waals surface area contributed by atoms with E-state index >= 15 is 0 Å². The van der Waals surface area contributed by atoms with Crippen molar-refractivity contribution < 1.29 is 13.2 Å². The highest BCUT2D eigenvalue weighted by molar-refractivity contribution is 9.24. The van der Waals surface area contributed by atoms with E-state index in [2.05, 4.69) is 41.8 Å². The third kappa shape index (κ3) is 3.60. The molecule has 0 aliphatic rings. The van der Waals surface area contributed by atoms with Crippen LogP contribution in [0.3, 0.4) is 0 Å². The van der Waals surface area contributed by atoms with E-state index in [1.54, 1.807) is 6.26 Å². The summed E-state index contributed by atoms with van der Waals surface area (Å²) in [5.41, 5.74) is -0.678. The third-order valence-corrected chi connectivity index (χ3v) is 2.91. The Labute approximate surface area is 105 Å². The summed E-state index contributed by atoms with van der Waals surface area (Å²) in [7, 11) is 0. The highest BCUT2D eigenvalue weighted by Gasteiger charge is 2.34. The molecule has 1 aromatic heterocycles. The molecular weight excluding hydrogens is 361 g/mol. The molecule has 0 radical (unpaired) electrons. The first kappa shape index (κ1) is 13.2. The van der Waals surface area contributed by atoms with Gasteiger partial charge in [0.25, 0.3) is 0 Å². The van der Waals surface area contributed by atoms with Crippen LogP contribution in [-0.4, -0.2) is 16.2 Å². The molecule has 1 aromatic rings. The molecule has 0 amide bonds. The van der Waals surface area contributed by atoms with Crippen molar-refractivity contribution in [2.45, 2.75) is 15.1 Å². The second kappa shape index (κ2) is 5.01.